The molecule has 22 heavy (non-hydrogen) atoms. The van der Waals surface area contributed by atoms with Crippen LogP contribution in [0.3, 0.4) is 0 Å². The molecule has 1 atom stereocenters. The van der Waals surface area contributed by atoms with E-state index in [-0.39, 0.29) is 11.8 Å². The van der Waals surface area contributed by atoms with Crippen LogP contribution in [0.15, 0.2) is 42.5 Å². The van der Waals surface area contributed by atoms with Crippen LogP contribution in [0.1, 0.15) is 30.4 Å². The highest BCUT2D eigenvalue weighted by atomic mass is 35.5. The average Bonchev–Trinajstić information content (AvgIpc) is 2.53. The summed E-state index contributed by atoms with van der Waals surface area (Å²) < 4.78 is 0. The summed E-state index contributed by atoms with van der Waals surface area (Å²) in [5.41, 5.74) is 9.80. The van der Waals surface area contributed by atoms with Gasteiger partial charge in [-0.25, -0.2) is 0 Å². The van der Waals surface area contributed by atoms with Crippen LogP contribution in [-0.4, -0.2) is 12.5 Å². The average molecular weight is 315 g/mol. The number of nitrogens with two attached hydrogens (primary N) is 1. The Kier molecular flexibility index (Phi) is 4.08. The molecule has 2 aromatic rings. The Bertz CT molecular complexity index is 714. The van der Waals surface area contributed by atoms with Crippen LogP contribution in [0.2, 0.25) is 5.02 Å². The minimum atomic E-state index is -0.230. The van der Waals surface area contributed by atoms with Crippen LogP contribution >= 0.6 is 11.6 Å². The molecule has 2 aromatic carbocycles. The van der Waals surface area contributed by atoms with Crippen LogP contribution in [0.5, 0.6) is 0 Å². The molecule has 1 heterocycles. The van der Waals surface area contributed by atoms with Gasteiger partial charge in [-0.3, -0.25) is 4.79 Å². The lowest BCUT2D eigenvalue weighted by molar-refractivity contribution is -0.119. The van der Waals surface area contributed by atoms with E-state index in [1.165, 1.54) is 0 Å². The molecule has 1 unspecified atom stereocenters. The summed E-state index contributed by atoms with van der Waals surface area (Å²) in [6.07, 6.45) is 1.87. The van der Waals surface area contributed by atoms with Crippen molar-refractivity contribution in [2.45, 2.75) is 25.7 Å². The van der Waals surface area contributed by atoms with Gasteiger partial charge in [0.1, 0.15) is 0 Å². The molecule has 1 amide bonds. The number of benzene rings is 2. The third-order valence-electron chi connectivity index (χ3n) is 4.27. The van der Waals surface area contributed by atoms with Crippen LogP contribution < -0.4 is 10.6 Å². The summed E-state index contributed by atoms with van der Waals surface area (Å²) in [5.74, 6) is -0.139. The number of hydrogen-bond donors (Lipinski definition) is 1. The minimum Gasteiger partial charge on any atom is -0.398 e. The third-order valence-corrected chi connectivity index (χ3v) is 4.51. The maximum Gasteiger partial charge on any atom is 0.234 e. The first kappa shape index (κ1) is 14.9. The van der Waals surface area contributed by atoms with E-state index in [1.807, 2.05) is 54.3 Å². The van der Waals surface area contributed by atoms with Gasteiger partial charge in [0.05, 0.1) is 5.92 Å². The van der Waals surface area contributed by atoms with Gasteiger partial charge in [-0.2, -0.15) is 0 Å². The van der Waals surface area contributed by atoms with Crippen molar-refractivity contribution in [2.75, 3.05) is 17.2 Å². The van der Waals surface area contributed by atoms with E-state index in [0.717, 1.165) is 41.9 Å². The first-order valence-electron chi connectivity index (χ1n) is 7.52. The molecule has 0 saturated heterocycles. The zero-order chi connectivity index (χ0) is 15.7. The number of anilines is 2. The summed E-state index contributed by atoms with van der Waals surface area (Å²) in [5, 5.41) is 0.653. The monoisotopic (exact) mass is 314 g/mol. The van der Waals surface area contributed by atoms with Gasteiger partial charge in [0, 0.05) is 22.9 Å². The van der Waals surface area contributed by atoms with Gasteiger partial charge < -0.3 is 10.6 Å². The first-order valence-corrected chi connectivity index (χ1v) is 7.90. The van der Waals surface area contributed by atoms with Crippen molar-refractivity contribution in [1.82, 2.24) is 0 Å². The second-order valence-corrected chi connectivity index (χ2v) is 6.15. The van der Waals surface area contributed by atoms with E-state index in [9.17, 15) is 4.79 Å². The molecule has 2 N–H and O–H groups in total. The van der Waals surface area contributed by atoms with Crippen molar-refractivity contribution < 1.29 is 4.79 Å². The molecule has 1 aliphatic heterocycles. The largest absolute Gasteiger partial charge is 0.398 e. The second kappa shape index (κ2) is 6.01. The molecule has 0 saturated carbocycles. The molecule has 0 spiro atoms. The molecule has 1 aliphatic rings. The van der Waals surface area contributed by atoms with Gasteiger partial charge >= 0.3 is 0 Å². The summed E-state index contributed by atoms with van der Waals surface area (Å²) in [7, 11) is 0. The van der Waals surface area contributed by atoms with Gasteiger partial charge in [-0.1, -0.05) is 29.8 Å². The lowest BCUT2D eigenvalue weighted by Gasteiger charge is -2.32. The summed E-state index contributed by atoms with van der Waals surface area (Å²) in [6, 6.07) is 13.3. The van der Waals surface area contributed by atoms with Crippen LogP contribution in [0.4, 0.5) is 11.4 Å². The van der Waals surface area contributed by atoms with Gasteiger partial charge in [-0.05, 0) is 55.2 Å². The normalized spacial score (nSPS) is 15.3. The molecular formula is C18H19ClN2O. The zero-order valence-electron chi connectivity index (χ0n) is 12.6. The van der Waals surface area contributed by atoms with Crippen molar-refractivity contribution >= 4 is 28.9 Å². The Labute approximate surface area is 135 Å². The van der Waals surface area contributed by atoms with Crippen molar-refractivity contribution in [3.63, 3.8) is 0 Å². The number of nitrogen functional groups attached to an aromatic ring is 1. The highest BCUT2D eigenvalue weighted by Crippen LogP contribution is 2.33. The van der Waals surface area contributed by atoms with Gasteiger partial charge in [0.25, 0.3) is 0 Å². The SMILES string of the molecule is CC(C(=O)N1CCCc2c(N)cccc21)c1cccc(Cl)c1. The number of amides is 1. The Morgan fingerprint density at radius 2 is 2.05 bits per heavy atom. The first-order chi connectivity index (χ1) is 10.6. The molecule has 3 rings (SSSR count). The number of carbonyl (C=O) groups excluding carboxylic acids is 1. The Morgan fingerprint density at radius 3 is 2.82 bits per heavy atom. The fourth-order valence-electron chi connectivity index (χ4n) is 3.03. The highest BCUT2D eigenvalue weighted by Gasteiger charge is 2.27. The molecule has 0 bridgehead atoms. The van der Waals surface area contributed by atoms with Gasteiger partial charge in [0.15, 0.2) is 0 Å². The number of nitrogens with zero attached hydrogens (tertiary/aromatic N) is 1. The molecular weight excluding hydrogens is 296 g/mol. The van der Waals surface area contributed by atoms with E-state index in [4.69, 9.17) is 17.3 Å². The van der Waals surface area contributed by atoms with Gasteiger partial charge in [0.2, 0.25) is 5.91 Å². The number of halogens is 1. The number of fused-ring (bicyclic) bond motifs is 1. The topological polar surface area (TPSA) is 46.3 Å². The molecule has 0 aromatic heterocycles. The van der Waals surface area contributed by atoms with E-state index >= 15 is 0 Å². The number of rotatable bonds is 2. The molecule has 114 valence electrons. The molecule has 0 fully saturated rings. The maximum absolute atomic E-state index is 12.9. The minimum absolute atomic E-state index is 0.0915. The Morgan fingerprint density at radius 1 is 1.27 bits per heavy atom. The zero-order valence-corrected chi connectivity index (χ0v) is 13.3. The van der Waals surface area contributed by atoms with Crippen molar-refractivity contribution in [3.8, 4) is 0 Å². The standard InChI is InChI=1S/C18H19ClN2O/c1-12(13-5-2-6-14(19)11-13)18(22)21-10-4-7-15-16(20)8-3-9-17(15)21/h2-3,5-6,8-9,11-12H,4,7,10,20H2,1H3. The smallest absolute Gasteiger partial charge is 0.234 e. The second-order valence-electron chi connectivity index (χ2n) is 5.72. The molecule has 0 aliphatic carbocycles. The summed E-state index contributed by atoms with van der Waals surface area (Å²) in [6.45, 7) is 2.66. The number of hydrogen-bond acceptors (Lipinski definition) is 2. The van der Waals surface area contributed by atoms with Gasteiger partial charge in [-0.15, -0.1) is 0 Å². The van der Waals surface area contributed by atoms with E-state index in [0.29, 0.717) is 5.02 Å². The van der Waals surface area contributed by atoms with Crippen LogP contribution in [0, 0.1) is 0 Å². The van der Waals surface area contributed by atoms with Crippen molar-refractivity contribution in [3.05, 3.63) is 58.6 Å². The highest BCUT2D eigenvalue weighted by molar-refractivity contribution is 6.30. The van der Waals surface area contributed by atoms with Crippen molar-refractivity contribution in [2.24, 2.45) is 0 Å². The fraction of sp³-hybridized carbons (Fsp3) is 0.278. The molecule has 4 heteroatoms. The van der Waals surface area contributed by atoms with Crippen molar-refractivity contribution in [1.29, 1.82) is 0 Å². The fourth-order valence-corrected chi connectivity index (χ4v) is 3.23. The van der Waals surface area contributed by atoms with E-state index in [1.54, 1.807) is 0 Å². The van der Waals surface area contributed by atoms with E-state index < -0.39 is 0 Å². The number of carbonyl (C=O) groups is 1. The molecule has 0 radical (unpaired) electrons. The maximum atomic E-state index is 12.9. The van der Waals surface area contributed by atoms with Crippen LogP contribution in [0.25, 0.3) is 0 Å². The lowest BCUT2D eigenvalue weighted by atomic mass is 9.95. The Hall–Kier alpha value is -2.00. The summed E-state index contributed by atoms with van der Waals surface area (Å²) >= 11 is 6.04. The Balaban J connectivity index is 1.92. The van der Waals surface area contributed by atoms with Crippen LogP contribution in [-0.2, 0) is 11.2 Å². The predicted octanol–water partition coefficient (Wildman–Crippen LogP) is 4.01. The molecule has 3 nitrogen and oxygen atoms in total. The quantitative estimate of drug-likeness (QED) is 0.851. The summed E-state index contributed by atoms with van der Waals surface area (Å²) in [4.78, 5) is 14.8. The third kappa shape index (κ3) is 2.69. The van der Waals surface area contributed by atoms with E-state index in [2.05, 4.69) is 0 Å². The lowest BCUT2D eigenvalue weighted by Crippen LogP contribution is -2.38. The predicted molar refractivity (Wildman–Crippen MR) is 91.4 cm³/mol.